The van der Waals surface area contributed by atoms with E-state index in [2.05, 4.69) is 16.8 Å². The Hall–Kier alpha value is -1.33. The van der Waals surface area contributed by atoms with E-state index in [9.17, 15) is 4.79 Å². The SMILES string of the molecule is Cc1cc(C(=O)N2CC(N3CCN(C)CC3)C2)c(C)o1. The van der Waals surface area contributed by atoms with Crippen LogP contribution in [0.1, 0.15) is 21.9 Å². The molecule has 0 aliphatic carbocycles. The van der Waals surface area contributed by atoms with E-state index in [4.69, 9.17) is 4.42 Å². The van der Waals surface area contributed by atoms with E-state index >= 15 is 0 Å². The Bertz CT molecular complexity index is 497. The fourth-order valence-electron chi connectivity index (χ4n) is 3.05. The van der Waals surface area contributed by atoms with Gasteiger partial charge in [-0.2, -0.15) is 0 Å². The lowest BCUT2D eigenvalue weighted by Gasteiger charge is -2.47. The summed E-state index contributed by atoms with van der Waals surface area (Å²) in [7, 11) is 2.16. The van der Waals surface area contributed by atoms with Crippen molar-refractivity contribution in [1.82, 2.24) is 14.7 Å². The predicted molar refractivity (Wildman–Crippen MR) is 76.9 cm³/mol. The third kappa shape index (κ3) is 2.47. The van der Waals surface area contributed by atoms with Crippen molar-refractivity contribution in [2.45, 2.75) is 19.9 Å². The van der Waals surface area contributed by atoms with Gasteiger partial charge in [-0.15, -0.1) is 0 Å². The average Bonchev–Trinajstić information content (AvgIpc) is 2.69. The highest BCUT2D eigenvalue weighted by Crippen LogP contribution is 2.22. The van der Waals surface area contributed by atoms with Crippen LogP contribution in [0.25, 0.3) is 0 Å². The molecule has 0 atom stereocenters. The molecular formula is C15H23N3O2. The summed E-state index contributed by atoms with van der Waals surface area (Å²) in [5.41, 5.74) is 0.722. The predicted octanol–water partition coefficient (Wildman–Crippen LogP) is 0.968. The largest absolute Gasteiger partial charge is 0.466 e. The summed E-state index contributed by atoms with van der Waals surface area (Å²) >= 11 is 0. The van der Waals surface area contributed by atoms with Crippen LogP contribution in [0.2, 0.25) is 0 Å². The van der Waals surface area contributed by atoms with Crippen LogP contribution >= 0.6 is 0 Å². The van der Waals surface area contributed by atoms with Crippen LogP contribution in [0.3, 0.4) is 0 Å². The fraction of sp³-hybridized carbons (Fsp3) is 0.667. The van der Waals surface area contributed by atoms with Crippen molar-refractivity contribution in [2.75, 3.05) is 46.3 Å². The van der Waals surface area contributed by atoms with Gasteiger partial charge in [0.15, 0.2) is 0 Å². The van der Waals surface area contributed by atoms with Crippen LogP contribution in [0, 0.1) is 13.8 Å². The van der Waals surface area contributed by atoms with E-state index in [-0.39, 0.29) is 5.91 Å². The maximum atomic E-state index is 12.4. The molecule has 5 heteroatoms. The van der Waals surface area contributed by atoms with Gasteiger partial charge in [0, 0.05) is 45.3 Å². The number of rotatable bonds is 2. The van der Waals surface area contributed by atoms with E-state index in [1.807, 2.05) is 24.8 Å². The monoisotopic (exact) mass is 277 g/mol. The molecule has 0 unspecified atom stereocenters. The minimum Gasteiger partial charge on any atom is -0.466 e. The van der Waals surface area contributed by atoms with Gasteiger partial charge < -0.3 is 14.2 Å². The Morgan fingerprint density at radius 2 is 1.85 bits per heavy atom. The topological polar surface area (TPSA) is 39.9 Å². The number of hydrogen-bond donors (Lipinski definition) is 0. The van der Waals surface area contributed by atoms with Crippen molar-refractivity contribution in [2.24, 2.45) is 0 Å². The van der Waals surface area contributed by atoms with Crippen molar-refractivity contribution in [3.8, 4) is 0 Å². The normalized spacial score (nSPS) is 22.1. The van der Waals surface area contributed by atoms with Gasteiger partial charge in [-0.25, -0.2) is 0 Å². The Kier molecular flexibility index (Phi) is 3.56. The van der Waals surface area contributed by atoms with Crippen molar-refractivity contribution in [3.63, 3.8) is 0 Å². The summed E-state index contributed by atoms with van der Waals surface area (Å²) in [5, 5.41) is 0. The van der Waals surface area contributed by atoms with E-state index in [1.165, 1.54) is 0 Å². The molecule has 2 aliphatic rings. The number of aryl methyl sites for hydroxylation is 2. The molecule has 1 aromatic heterocycles. The number of likely N-dealkylation sites (tertiary alicyclic amines) is 1. The molecule has 0 spiro atoms. The molecule has 2 fully saturated rings. The molecule has 0 N–H and O–H groups in total. The molecule has 5 nitrogen and oxygen atoms in total. The van der Waals surface area contributed by atoms with Crippen molar-refractivity contribution in [3.05, 3.63) is 23.2 Å². The van der Waals surface area contributed by atoms with Crippen LogP contribution in [-0.2, 0) is 0 Å². The lowest BCUT2D eigenvalue weighted by Crippen LogP contribution is -2.63. The summed E-state index contributed by atoms with van der Waals surface area (Å²) in [4.78, 5) is 19.2. The van der Waals surface area contributed by atoms with Crippen LogP contribution < -0.4 is 0 Å². The maximum Gasteiger partial charge on any atom is 0.257 e. The molecule has 2 saturated heterocycles. The first kappa shape index (κ1) is 13.6. The Morgan fingerprint density at radius 3 is 2.40 bits per heavy atom. The van der Waals surface area contributed by atoms with E-state index in [1.54, 1.807) is 0 Å². The smallest absolute Gasteiger partial charge is 0.257 e. The van der Waals surface area contributed by atoms with Gasteiger partial charge in [-0.1, -0.05) is 0 Å². The molecule has 3 heterocycles. The van der Waals surface area contributed by atoms with Crippen LogP contribution in [0.15, 0.2) is 10.5 Å². The number of amides is 1. The number of carbonyl (C=O) groups excluding carboxylic acids is 1. The van der Waals surface area contributed by atoms with E-state index in [0.29, 0.717) is 6.04 Å². The van der Waals surface area contributed by atoms with E-state index < -0.39 is 0 Å². The molecule has 0 saturated carbocycles. The number of furan rings is 1. The summed E-state index contributed by atoms with van der Waals surface area (Å²) in [5.74, 6) is 1.65. The summed E-state index contributed by atoms with van der Waals surface area (Å²) in [6, 6.07) is 2.39. The van der Waals surface area contributed by atoms with Crippen molar-refractivity contribution >= 4 is 5.91 Å². The third-order valence-electron chi connectivity index (χ3n) is 4.48. The summed E-state index contributed by atoms with van der Waals surface area (Å²) in [6.45, 7) is 9.94. The highest BCUT2D eigenvalue weighted by Gasteiger charge is 2.36. The minimum absolute atomic E-state index is 0.115. The Balaban J connectivity index is 1.55. The van der Waals surface area contributed by atoms with Crippen LogP contribution in [-0.4, -0.2) is 73.0 Å². The molecular weight excluding hydrogens is 254 g/mol. The molecule has 20 heavy (non-hydrogen) atoms. The van der Waals surface area contributed by atoms with Crippen molar-refractivity contribution < 1.29 is 9.21 Å². The van der Waals surface area contributed by atoms with Gasteiger partial charge >= 0.3 is 0 Å². The number of likely N-dealkylation sites (N-methyl/N-ethyl adjacent to an activating group) is 1. The zero-order valence-electron chi connectivity index (χ0n) is 12.6. The Morgan fingerprint density at radius 1 is 1.20 bits per heavy atom. The summed E-state index contributed by atoms with van der Waals surface area (Å²) in [6.07, 6.45) is 0. The third-order valence-corrected chi connectivity index (χ3v) is 4.48. The van der Waals surface area contributed by atoms with Gasteiger partial charge in [0.05, 0.1) is 5.56 Å². The number of hydrogen-bond acceptors (Lipinski definition) is 4. The van der Waals surface area contributed by atoms with Gasteiger partial charge in [0.1, 0.15) is 11.5 Å². The number of piperazine rings is 1. The molecule has 0 radical (unpaired) electrons. The van der Waals surface area contributed by atoms with E-state index in [0.717, 1.165) is 56.4 Å². The van der Waals surface area contributed by atoms with Gasteiger partial charge in [-0.05, 0) is 27.0 Å². The number of nitrogens with zero attached hydrogens (tertiary/aromatic N) is 3. The van der Waals surface area contributed by atoms with Gasteiger partial charge in [-0.3, -0.25) is 9.69 Å². The molecule has 1 amide bonds. The van der Waals surface area contributed by atoms with Crippen molar-refractivity contribution in [1.29, 1.82) is 0 Å². The maximum absolute atomic E-state index is 12.4. The second kappa shape index (κ2) is 5.22. The standard InChI is InChI=1S/C15H23N3O2/c1-11-8-14(12(2)20-11)15(19)18-9-13(10-18)17-6-4-16(3)5-7-17/h8,13H,4-7,9-10H2,1-3H3. The summed E-state index contributed by atoms with van der Waals surface area (Å²) < 4.78 is 5.45. The van der Waals surface area contributed by atoms with Crippen LogP contribution in [0.5, 0.6) is 0 Å². The number of carbonyl (C=O) groups is 1. The molecule has 0 bridgehead atoms. The second-order valence-electron chi connectivity index (χ2n) is 6.03. The Labute approximate surface area is 120 Å². The molecule has 110 valence electrons. The quantitative estimate of drug-likeness (QED) is 0.807. The van der Waals surface area contributed by atoms with Gasteiger partial charge in [0.2, 0.25) is 0 Å². The lowest BCUT2D eigenvalue weighted by atomic mass is 10.0. The average molecular weight is 277 g/mol. The second-order valence-corrected chi connectivity index (χ2v) is 6.03. The highest BCUT2D eigenvalue weighted by molar-refractivity contribution is 5.95. The fourth-order valence-corrected chi connectivity index (χ4v) is 3.05. The minimum atomic E-state index is 0.115. The zero-order chi connectivity index (χ0) is 14.3. The molecule has 2 aliphatic heterocycles. The van der Waals surface area contributed by atoms with Crippen LogP contribution in [0.4, 0.5) is 0 Å². The zero-order valence-corrected chi connectivity index (χ0v) is 12.6. The first-order valence-corrected chi connectivity index (χ1v) is 7.33. The highest BCUT2D eigenvalue weighted by atomic mass is 16.3. The first-order chi connectivity index (χ1) is 9.54. The van der Waals surface area contributed by atoms with Gasteiger partial charge in [0.25, 0.3) is 5.91 Å². The molecule has 0 aromatic carbocycles. The molecule has 3 rings (SSSR count). The molecule has 1 aromatic rings. The first-order valence-electron chi connectivity index (χ1n) is 7.33. The lowest BCUT2D eigenvalue weighted by molar-refractivity contribution is 0.0109.